The number of rotatable bonds is 3. The van der Waals surface area contributed by atoms with Crippen LogP contribution < -0.4 is 5.73 Å². The van der Waals surface area contributed by atoms with E-state index in [4.69, 9.17) is 5.73 Å². The zero-order chi connectivity index (χ0) is 12.3. The molecule has 1 aliphatic carbocycles. The molecule has 2 N–H and O–H groups in total. The second kappa shape index (κ2) is 5.68. The molecule has 0 aromatic heterocycles. The van der Waals surface area contributed by atoms with E-state index in [1.165, 1.54) is 36.8 Å². The van der Waals surface area contributed by atoms with Crippen LogP contribution >= 0.6 is 0 Å². The van der Waals surface area contributed by atoms with Gasteiger partial charge in [-0.05, 0) is 48.3 Å². The van der Waals surface area contributed by atoms with Crippen molar-refractivity contribution in [2.24, 2.45) is 11.7 Å². The number of nitrogens with two attached hydrogens (primary N) is 1. The van der Waals surface area contributed by atoms with Crippen molar-refractivity contribution in [3.8, 4) is 0 Å². The minimum Gasteiger partial charge on any atom is -0.330 e. The van der Waals surface area contributed by atoms with Crippen LogP contribution in [0.3, 0.4) is 0 Å². The predicted molar refractivity (Wildman–Crippen MR) is 74.3 cm³/mol. The lowest BCUT2D eigenvalue weighted by Crippen LogP contribution is -2.12. The molecule has 1 heteroatoms. The fourth-order valence-electron chi connectivity index (χ4n) is 2.85. The number of hydrogen-bond acceptors (Lipinski definition) is 1. The van der Waals surface area contributed by atoms with E-state index in [0.29, 0.717) is 5.92 Å². The Morgan fingerprint density at radius 3 is 2.59 bits per heavy atom. The molecule has 0 spiro atoms. The number of benzene rings is 1. The highest BCUT2D eigenvalue weighted by atomic mass is 14.5. The van der Waals surface area contributed by atoms with Crippen molar-refractivity contribution in [3.05, 3.63) is 35.4 Å². The summed E-state index contributed by atoms with van der Waals surface area (Å²) in [5.74, 6) is 2.20. The molecule has 1 aromatic rings. The van der Waals surface area contributed by atoms with Gasteiger partial charge >= 0.3 is 0 Å². The summed E-state index contributed by atoms with van der Waals surface area (Å²) in [7, 11) is 0. The molecular formula is C16H25N. The van der Waals surface area contributed by atoms with Crippen LogP contribution in [-0.4, -0.2) is 6.54 Å². The van der Waals surface area contributed by atoms with Gasteiger partial charge in [0.25, 0.3) is 0 Å². The minimum atomic E-state index is 0.484. The second-order valence-electron chi connectivity index (χ2n) is 5.76. The second-order valence-corrected chi connectivity index (χ2v) is 5.76. The van der Waals surface area contributed by atoms with Gasteiger partial charge in [0.15, 0.2) is 0 Å². The van der Waals surface area contributed by atoms with Gasteiger partial charge in [0.2, 0.25) is 0 Å². The Kier molecular flexibility index (Phi) is 4.22. The first kappa shape index (κ1) is 12.6. The van der Waals surface area contributed by atoms with E-state index in [2.05, 4.69) is 38.1 Å². The topological polar surface area (TPSA) is 26.0 Å². The molecule has 0 saturated heterocycles. The molecule has 0 bridgehead atoms. The van der Waals surface area contributed by atoms with Crippen LogP contribution in [0.4, 0.5) is 0 Å². The fourth-order valence-corrected chi connectivity index (χ4v) is 2.85. The number of hydrogen-bond donors (Lipinski definition) is 1. The summed E-state index contributed by atoms with van der Waals surface area (Å²) >= 11 is 0. The minimum absolute atomic E-state index is 0.484. The lowest BCUT2D eigenvalue weighted by molar-refractivity contribution is 0.348. The van der Waals surface area contributed by atoms with Crippen LogP contribution in [0.15, 0.2) is 24.3 Å². The molecule has 94 valence electrons. The summed E-state index contributed by atoms with van der Waals surface area (Å²) < 4.78 is 0. The predicted octanol–water partition coefficient (Wildman–Crippen LogP) is 4.04. The third-order valence-corrected chi connectivity index (χ3v) is 4.32. The van der Waals surface area contributed by atoms with Crippen molar-refractivity contribution in [1.82, 2.24) is 0 Å². The SMILES string of the molecule is CC1CCC(c2cccc(C(C)CN)c2)CC1. The normalized spacial score (nSPS) is 26.8. The molecule has 0 amide bonds. The zero-order valence-electron chi connectivity index (χ0n) is 11.2. The zero-order valence-corrected chi connectivity index (χ0v) is 11.2. The van der Waals surface area contributed by atoms with Gasteiger partial charge in [0.1, 0.15) is 0 Å². The first-order valence-electron chi connectivity index (χ1n) is 7.00. The van der Waals surface area contributed by atoms with Crippen LogP contribution in [0.1, 0.15) is 62.5 Å². The van der Waals surface area contributed by atoms with Gasteiger partial charge in [-0.15, -0.1) is 0 Å². The van der Waals surface area contributed by atoms with Gasteiger partial charge in [0.05, 0.1) is 0 Å². The van der Waals surface area contributed by atoms with Crippen molar-refractivity contribution in [3.63, 3.8) is 0 Å². The smallest absolute Gasteiger partial charge is 0.00109 e. The van der Waals surface area contributed by atoms with E-state index >= 15 is 0 Å². The van der Waals surface area contributed by atoms with Crippen molar-refractivity contribution >= 4 is 0 Å². The van der Waals surface area contributed by atoms with Gasteiger partial charge in [0, 0.05) is 0 Å². The van der Waals surface area contributed by atoms with Crippen LogP contribution in [0, 0.1) is 5.92 Å². The van der Waals surface area contributed by atoms with Gasteiger partial charge in [-0.3, -0.25) is 0 Å². The van der Waals surface area contributed by atoms with E-state index in [-0.39, 0.29) is 0 Å². The maximum Gasteiger partial charge on any atom is -0.00109 e. The first-order chi connectivity index (χ1) is 8.20. The van der Waals surface area contributed by atoms with Crippen molar-refractivity contribution in [1.29, 1.82) is 0 Å². The average Bonchev–Trinajstić information content (AvgIpc) is 2.39. The van der Waals surface area contributed by atoms with E-state index in [9.17, 15) is 0 Å². The summed E-state index contributed by atoms with van der Waals surface area (Å²) in [6.07, 6.45) is 5.51. The first-order valence-corrected chi connectivity index (χ1v) is 7.00. The summed E-state index contributed by atoms with van der Waals surface area (Å²) in [6, 6.07) is 9.10. The maximum absolute atomic E-state index is 5.75. The molecule has 1 fully saturated rings. The molecule has 1 nitrogen and oxygen atoms in total. The van der Waals surface area contributed by atoms with Crippen LogP contribution in [-0.2, 0) is 0 Å². The summed E-state index contributed by atoms with van der Waals surface area (Å²) in [6.45, 7) is 5.33. The Morgan fingerprint density at radius 1 is 1.24 bits per heavy atom. The molecule has 0 heterocycles. The molecule has 1 aromatic carbocycles. The molecule has 0 radical (unpaired) electrons. The van der Waals surface area contributed by atoms with E-state index in [1.807, 2.05) is 0 Å². The third kappa shape index (κ3) is 3.10. The lowest BCUT2D eigenvalue weighted by Gasteiger charge is -2.27. The summed E-state index contributed by atoms with van der Waals surface area (Å²) in [5, 5.41) is 0. The van der Waals surface area contributed by atoms with Crippen LogP contribution in [0.5, 0.6) is 0 Å². The molecule has 1 saturated carbocycles. The molecule has 1 atom stereocenters. The van der Waals surface area contributed by atoms with Crippen molar-refractivity contribution < 1.29 is 0 Å². The van der Waals surface area contributed by atoms with E-state index < -0.39 is 0 Å². The fraction of sp³-hybridized carbons (Fsp3) is 0.625. The summed E-state index contributed by atoms with van der Waals surface area (Å²) in [4.78, 5) is 0. The molecule has 17 heavy (non-hydrogen) atoms. The molecule has 1 aliphatic rings. The van der Waals surface area contributed by atoms with Crippen molar-refractivity contribution in [2.45, 2.75) is 51.4 Å². The Morgan fingerprint density at radius 2 is 1.94 bits per heavy atom. The van der Waals surface area contributed by atoms with Crippen molar-refractivity contribution in [2.75, 3.05) is 6.54 Å². The Labute approximate surface area is 105 Å². The van der Waals surface area contributed by atoms with Crippen LogP contribution in [0.25, 0.3) is 0 Å². The highest BCUT2D eigenvalue weighted by Gasteiger charge is 2.20. The Hall–Kier alpha value is -0.820. The molecule has 1 unspecified atom stereocenters. The van der Waals surface area contributed by atoms with E-state index in [1.54, 1.807) is 0 Å². The standard InChI is InChI=1S/C16H25N/c1-12-6-8-14(9-7-12)16-5-3-4-15(10-16)13(2)11-17/h3-5,10,12-14H,6-9,11,17H2,1-2H3. The average molecular weight is 231 g/mol. The molecular weight excluding hydrogens is 206 g/mol. The Balaban J connectivity index is 2.10. The van der Waals surface area contributed by atoms with Gasteiger partial charge in [-0.2, -0.15) is 0 Å². The third-order valence-electron chi connectivity index (χ3n) is 4.32. The highest BCUT2D eigenvalue weighted by molar-refractivity contribution is 5.29. The monoisotopic (exact) mass is 231 g/mol. The lowest BCUT2D eigenvalue weighted by atomic mass is 9.79. The quantitative estimate of drug-likeness (QED) is 0.834. The molecule has 2 rings (SSSR count). The van der Waals surface area contributed by atoms with Gasteiger partial charge in [-0.1, -0.05) is 51.0 Å². The van der Waals surface area contributed by atoms with Crippen LogP contribution in [0.2, 0.25) is 0 Å². The van der Waals surface area contributed by atoms with Gasteiger partial charge in [-0.25, -0.2) is 0 Å². The largest absolute Gasteiger partial charge is 0.330 e. The maximum atomic E-state index is 5.75. The van der Waals surface area contributed by atoms with Gasteiger partial charge < -0.3 is 5.73 Å². The molecule has 0 aliphatic heterocycles. The highest BCUT2D eigenvalue weighted by Crippen LogP contribution is 2.36. The Bertz CT molecular complexity index is 350. The van der Waals surface area contributed by atoms with E-state index in [0.717, 1.165) is 18.4 Å². The summed E-state index contributed by atoms with van der Waals surface area (Å²) in [5.41, 5.74) is 8.69.